The molecule has 2 aliphatic heterocycles. The maximum absolute atomic E-state index is 11.2. The number of carbonyl (C=O) groups excluding carboxylic acids is 2. The Morgan fingerprint density at radius 2 is 1.18 bits per heavy atom. The largest absolute Gasteiger partial charge is 0.343 e. The number of likely N-dealkylation sites (tertiary alicyclic amines) is 1. The van der Waals surface area contributed by atoms with E-state index in [2.05, 4.69) is 77.6 Å². The molecule has 4 rings (SSSR count). The van der Waals surface area contributed by atoms with Crippen molar-refractivity contribution in [3.05, 3.63) is 71.8 Å². The highest BCUT2D eigenvalue weighted by Crippen LogP contribution is 2.21. The predicted molar refractivity (Wildman–Crippen MR) is 137 cm³/mol. The van der Waals surface area contributed by atoms with E-state index in [1.807, 2.05) is 4.90 Å². The summed E-state index contributed by atoms with van der Waals surface area (Å²) in [4.78, 5) is 22.4. The van der Waals surface area contributed by atoms with E-state index in [-0.39, 0.29) is 11.1 Å². The van der Waals surface area contributed by atoms with E-state index < -0.39 is 0 Å². The molecule has 0 atom stereocenters. The Labute approximate surface area is 204 Å². The fraction of sp³-hybridized carbons (Fsp3) is 0.500. The van der Waals surface area contributed by atoms with Gasteiger partial charge in [0, 0.05) is 26.9 Å². The minimum Gasteiger partial charge on any atom is -0.343 e. The van der Waals surface area contributed by atoms with E-state index in [9.17, 15) is 9.59 Å². The first-order valence-electron chi connectivity index (χ1n) is 12.1. The number of hydrogen-bond acceptors (Lipinski definition) is 3. The number of rotatable bonds is 4. The zero-order valence-corrected chi connectivity index (χ0v) is 20.9. The first kappa shape index (κ1) is 27.1. The van der Waals surface area contributed by atoms with Crippen LogP contribution >= 0.6 is 11.6 Å². The van der Waals surface area contributed by atoms with Gasteiger partial charge in [-0.15, -0.1) is 0 Å². The Hall–Kier alpha value is -2.17. The summed E-state index contributed by atoms with van der Waals surface area (Å²) in [6.45, 7) is 7.24. The van der Waals surface area contributed by atoms with E-state index in [4.69, 9.17) is 0 Å². The summed E-state index contributed by atoms with van der Waals surface area (Å²) >= 11 is 4.64. The van der Waals surface area contributed by atoms with E-state index in [1.165, 1.54) is 50.4 Å². The normalized spacial score (nSPS) is 16.6. The lowest BCUT2D eigenvalue weighted by Crippen LogP contribution is -2.37. The molecule has 1 N–H and O–H groups in total. The minimum absolute atomic E-state index is 0.221. The van der Waals surface area contributed by atoms with Crippen LogP contribution in [0.25, 0.3) is 0 Å². The molecule has 5 heteroatoms. The fourth-order valence-corrected chi connectivity index (χ4v) is 4.43. The molecule has 0 spiro atoms. The average Bonchev–Trinajstić information content (AvgIpc) is 2.82. The molecule has 0 unspecified atom stereocenters. The van der Waals surface area contributed by atoms with Gasteiger partial charge in [-0.1, -0.05) is 60.7 Å². The molecule has 4 nitrogen and oxygen atoms in total. The number of carbonyl (C=O) groups is 2. The lowest BCUT2D eigenvalue weighted by molar-refractivity contribution is -0.130. The zero-order valence-electron chi connectivity index (χ0n) is 20.1. The van der Waals surface area contributed by atoms with Crippen LogP contribution in [-0.2, 0) is 22.4 Å². The number of amides is 1. The molecule has 1 amide bonds. The molecule has 2 heterocycles. The zero-order chi connectivity index (χ0) is 23.9. The van der Waals surface area contributed by atoms with Crippen LogP contribution < -0.4 is 5.32 Å². The predicted octanol–water partition coefficient (Wildman–Crippen LogP) is 5.49. The third kappa shape index (κ3) is 12.0. The van der Waals surface area contributed by atoms with Gasteiger partial charge in [0.15, 0.2) is 0 Å². The van der Waals surface area contributed by atoms with Crippen molar-refractivity contribution in [2.24, 2.45) is 11.8 Å². The van der Waals surface area contributed by atoms with Crippen molar-refractivity contribution in [2.45, 2.75) is 52.4 Å². The van der Waals surface area contributed by atoms with Crippen molar-refractivity contribution in [1.29, 1.82) is 0 Å². The van der Waals surface area contributed by atoms with Crippen LogP contribution in [0.4, 0.5) is 0 Å². The van der Waals surface area contributed by atoms with Crippen molar-refractivity contribution in [3.63, 3.8) is 0 Å². The van der Waals surface area contributed by atoms with Crippen molar-refractivity contribution >= 4 is 22.8 Å². The van der Waals surface area contributed by atoms with Gasteiger partial charge in [-0.2, -0.15) is 0 Å². The summed E-state index contributed by atoms with van der Waals surface area (Å²) in [5, 5.41) is 3.04. The highest BCUT2D eigenvalue weighted by Gasteiger charge is 2.20. The number of nitrogens with one attached hydrogen (secondary N) is 1. The molecule has 2 aromatic carbocycles. The Morgan fingerprint density at radius 1 is 0.788 bits per heavy atom. The Kier molecular flexibility index (Phi) is 12.8. The van der Waals surface area contributed by atoms with E-state index in [1.54, 1.807) is 6.92 Å². The van der Waals surface area contributed by atoms with Gasteiger partial charge in [0.05, 0.1) is 0 Å². The molecule has 2 fully saturated rings. The topological polar surface area (TPSA) is 49.4 Å². The molecule has 180 valence electrons. The molecule has 2 saturated heterocycles. The molecule has 2 aromatic rings. The van der Waals surface area contributed by atoms with Crippen LogP contribution in [0.2, 0.25) is 0 Å². The third-order valence-corrected chi connectivity index (χ3v) is 6.25. The third-order valence-electron chi connectivity index (χ3n) is 6.25. The number of hydrogen-bond donors (Lipinski definition) is 1. The first-order valence-corrected chi connectivity index (χ1v) is 12.5. The van der Waals surface area contributed by atoms with Gasteiger partial charge in [0.2, 0.25) is 11.1 Å². The maximum atomic E-state index is 11.2. The second-order valence-corrected chi connectivity index (χ2v) is 9.52. The highest BCUT2D eigenvalue weighted by atomic mass is 35.5. The molecular formula is C28H39ClN2O2. The van der Waals surface area contributed by atoms with Crippen molar-refractivity contribution in [2.75, 3.05) is 26.2 Å². The van der Waals surface area contributed by atoms with Crippen LogP contribution in [0.5, 0.6) is 0 Å². The first-order chi connectivity index (χ1) is 15.9. The van der Waals surface area contributed by atoms with Gasteiger partial charge in [-0.3, -0.25) is 9.59 Å². The summed E-state index contributed by atoms with van der Waals surface area (Å²) in [7, 11) is 0. The second-order valence-electron chi connectivity index (χ2n) is 8.99. The number of nitrogens with zero attached hydrogens (tertiary/aromatic N) is 1. The SMILES string of the molecule is CC(=O)Cl.CC(=O)N1CCC(Cc2ccccc2)CC1.c1ccc(CC2CCNCC2)cc1. The lowest BCUT2D eigenvalue weighted by atomic mass is 9.90. The lowest BCUT2D eigenvalue weighted by Gasteiger charge is -2.31. The Balaban J connectivity index is 0.000000204. The number of halogens is 1. The van der Waals surface area contributed by atoms with Crippen molar-refractivity contribution in [1.82, 2.24) is 10.2 Å². The molecule has 0 bridgehead atoms. The Morgan fingerprint density at radius 3 is 1.58 bits per heavy atom. The quantitative estimate of drug-likeness (QED) is 0.601. The molecule has 0 radical (unpaired) electrons. The van der Waals surface area contributed by atoms with Crippen molar-refractivity contribution in [3.8, 4) is 0 Å². The molecule has 0 saturated carbocycles. The van der Waals surface area contributed by atoms with Gasteiger partial charge in [-0.25, -0.2) is 0 Å². The minimum atomic E-state index is -0.361. The molecular weight excluding hydrogens is 432 g/mol. The fourth-order valence-electron chi connectivity index (χ4n) is 4.43. The number of piperidine rings is 2. The van der Waals surface area contributed by atoms with Gasteiger partial charge >= 0.3 is 0 Å². The van der Waals surface area contributed by atoms with Crippen molar-refractivity contribution < 1.29 is 9.59 Å². The summed E-state index contributed by atoms with van der Waals surface area (Å²) < 4.78 is 0. The van der Waals surface area contributed by atoms with Gasteiger partial charge in [0.1, 0.15) is 0 Å². The standard InChI is InChI=1S/C14H19NO.C12H17N.C2H3ClO/c1-12(16)15-9-7-14(8-10-15)11-13-5-3-2-4-6-13;1-2-4-11(5-3-1)10-12-6-8-13-9-7-12;1-2(3)4/h2-6,14H,7-11H2,1H3;1-5,12-13H,6-10H2;1H3. The highest BCUT2D eigenvalue weighted by molar-refractivity contribution is 6.62. The summed E-state index contributed by atoms with van der Waals surface area (Å²) in [6, 6.07) is 21.5. The average molecular weight is 471 g/mol. The smallest absolute Gasteiger partial charge is 0.219 e. The van der Waals surface area contributed by atoms with Crippen LogP contribution in [0.3, 0.4) is 0 Å². The summed E-state index contributed by atoms with van der Waals surface area (Å²) in [6.07, 6.45) is 7.40. The monoisotopic (exact) mass is 470 g/mol. The molecule has 0 aliphatic carbocycles. The van der Waals surface area contributed by atoms with E-state index in [0.29, 0.717) is 0 Å². The van der Waals surface area contributed by atoms with Gasteiger partial charge in [0.25, 0.3) is 0 Å². The van der Waals surface area contributed by atoms with E-state index >= 15 is 0 Å². The van der Waals surface area contributed by atoms with Crippen LogP contribution in [0.1, 0.15) is 50.7 Å². The molecule has 33 heavy (non-hydrogen) atoms. The van der Waals surface area contributed by atoms with Gasteiger partial charge < -0.3 is 10.2 Å². The van der Waals surface area contributed by atoms with E-state index in [0.717, 1.165) is 44.2 Å². The number of benzene rings is 2. The summed E-state index contributed by atoms with van der Waals surface area (Å²) in [5.41, 5.74) is 2.91. The molecule has 0 aromatic heterocycles. The van der Waals surface area contributed by atoms with Crippen LogP contribution in [0, 0.1) is 11.8 Å². The Bertz CT molecular complexity index is 795. The maximum Gasteiger partial charge on any atom is 0.219 e. The van der Waals surface area contributed by atoms with Crippen LogP contribution in [-0.4, -0.2) is 42.2 Å². The van der Waals surface area contributed by atoms with Gasteiger partial charge in [-0.05, 0) is 86.2 Å². The molecule has 2 aliphatic rings. The summed E-state index contributed by atoms with van der Waals surface area (Å²) in [5.74, 6) is 1.87. The second kappa shape index (κ2) is 15.6. The van der Waals surface area contributed by atoms with Crippen LogP contribution in [0.15, 0.2) is 60.7 Å².